The molecule has 5 heteroatoms. The van der Waals surface area contributed by atoms with Gasteiger partial charge in [-0.2, -0.15) is 0 Å². The van der Waals surface area contributed by atoms with Crippen molar-refractivity contribution in [1.82, 2.24) is 5.32 Å². The van der Waals surface area contributed by atoms with E-state index in [1.54, 1.807) is 4.90 Å². The monoisotopic (exact) mass is 356 g/mol. The molecule has 0 radical (unpaired) electrons. The molecular formula is C21H28N2O3. The fraction of sp³-hybridized carbons (Fsp3) is 0.667. The van der Waals surface area contributed by atoms with Crippen molar-refractivity contribution >= 4 is 11.7 Å². The van der Waals surface area contributed by atoms with Crippen LogP contribution in [-0.4, -0.2) is 36.4 Å². The van der Waals surface area contributed by atoms with E-state index in [0.717, 1.165) is 43.0 Å². The topological polar surface area (TPSA) is 61.8 Å². The molecule has 1 heterocycles. The molecule has 4 saturated carbocycles. The highest BCUT2D eigenvalue weighted by Crippen LogP contribution is 2.58. The minimum atomic E-state index is -0.372. The molecule has 5 nitrogen and oxygen atoms in total. The average Bonchev–Trinajstić information content (AvgIpc) is 3.02. The third kappa shape index (κ3) is 2.81. The Hall–Kier alpha value is -1.59. The predicted octanol–water partition coefficient (Wildman–Crippen LogP) is 2.92. The van der Waals surface area contributed by atoms with E-state index in [1.165, 1.54) is 12.8 Å². The van der Waals surface area contributed by atoms with Gasteiger partial charge in [-0.25, -0.2) is 4.79 Å². The van der Waals surface area contributed by atoms with Crippen molar-refractivity contribution < 1.29 is 14.6 Å². The minimum Gasteiger partial charge on any atom is -0.390 e. The van der Waals surface area contributed by atoms with Gasteiger partial charge in [-0.1, -0.05) is 18.2 Å². The first-order valence-electron chi connectivity index (χ1n) is 10.0. The lowest BCUT2D eigenvalue weighted by molar-refractivity contribution is -0.164. The fourth-order valence-electron chi connectivity index (χ4n) is 6.26. The third-order valence-corrected chi connectivity index (χ3v) is 7.14. The first-order chi connectivity index (χ1) is 12.6. The van der Waals surface area contributed by atoms with Crippen molar-refractivity contribution in [3.05, 3.63) is 29.8 Å². The van der Waals surface area contributed by atoms with Gasteiger partial charge in [-0.3, -0.25) is 4.90 Å². The Morgan fingerprint density at radius 3 is 2.65 bits per heavy atom. The van der Waals surface area contributed by atoms with Gasteiger partial charge in [0, 0.05) is 18.7 Å². The number of anilines is 1. The molecule has 2 N–H and O–H groups in total. The molecular weight excluding hydrogens is 328 g/mol. The van der Waals surface area contributed by atoms with Crippen molar-refractivity contribution in [2.45, 2.75) is 44.3 Å². The second-order valence-corrected chi connectivity index (χ2v) is 8.89. The highest BCUT2D eigenvalue weighted by molar-refractivity contribution is 5.94. The Labute approximate surface area is 154 Å². The normalized spacial score (nSPS) is 38.0. The summed E-state index contributed by atoms with van der Waals surface area (Å²) in [6.07, 6.45) is 5.52. The van der Waals surface area contributed by atoms with Crippen LogP contribution < -0.4 is 10.2 Å². The molecule has 1 aliphatic heterocycles. The number of carbonyl (C=O) groups excluding carboxylic acids is 1. The Bertz CT molecular complexity index is 690. The summed E-state index contributed by atoms with van der Waals surface area (Å²) in [5.41, 5.74) is 1.66. The van der Waals surface area contributed by atoms with E-state index in [1.807, 2.05) is 18.2 Å². The van der Waals surface area contributed by atoms with Gasteiger partial charge in [0.05, 0.1) is 24.5 Å². The lowest BCUT2D eigenvalue weighted by Gasteiger charge is -2.58. The first-order valence-corrected chi connectivity index (χ1v) is 10.0. The Morgan fingerprint density at radius 1 is 1.19 bits per heavy atom. The van der Waals surface area contributed by atoms with Crippen LogP contribution >= 0.6 is 0 Å². The first kappa shape index (κ1) is 16.6. The molecule has 0 aromatic heterocycles. The number of hydrogen-bond acceptors (Lipinski definition) is 3. The zero-order valence-electron chi connectivity index (χ0n) is 15.2. The van der Waals surface area contributed by atoms with E-state index in [9.17, 15) is 9.90 Å². The smallest absolute Gasteiger partial charge is 0.322 e. The van der Waals surface area contributed by atoms with Crippen LogP contribution in [0.15, 0.2) is 24.3 Å². The second-order valence-electron chi connectivity index (χ2n) is 8.89. The number of rotatable bonds is 5. The molecule has 4 aliphatic carbocycles. The molecule has 140 valence electrons. The number of para-hydroxylation sites is 1. The lowest BCUT2D eigenvalue weighted by atomic mass is 9.50. The summed E-state index contributed by atoms with van der Waals surface area (Å²) in [7, 11) is 0. The van der Waals surface area contributed by atoms with Crippen molar-refractivity contribution in [2.24, 2.45) is 23.7 Å². The number of ether oxygens (including phenoxy) is 1. The maximum absolute atomic E-state index is 12.0. The van der Waals surface area contributed by atoms with E-state index in [-0.39, 0.29) is 11.6 Å². The van der Waals surface area contributed by atoms with Crippen molar-refractivity contribution in [3.63, 3.8) is 0 Å². The summed E-state index contributed by atoms with van der Waals surface area (Å²) in [6, 6.07) is 8.02. The van der Waals surface area contributed by atoms with Gasteiger partial charge in [0.25, 0.3) is 0 Å². The fourth-order valence-corrected chi connectivity index (χ4v) is 6.26. The minimum absolute atomic E-state index is 0.0215. The molecule has 0 spiro atoms. The molecule has 1 saturated heterocycles. The van der Waals surface area contributed by atoms with E-state index < -0.39 is 0 Å². The van der Waals surface area contributed by atoms with Crippen LogP contribution in [-0.2, 0) is 11.3 Å². The Balaban J connectivity index is 1.24. The van der Waals surface area contributed by atoms with Crippen LogP contribution in [0, 0.1) is 23.7 Å². The average molecular weight is 356 g/mol. The Morgan fingerprint density at radius 2 is 1.96 bits per heavy atom. The molecule has 4 bridgehead atoms. The number of carbonyl (C=O) groups is 1. The number of hydrogen-bond donors (Lipinski definition) is 2. The van der Waals surface area contributed by atoms with Gasteiger partial charge in [-0.15, -0.1) is 0 Å². The van der Waals surface area contributed by atoms with Gasteiger partial charge in [0.2, 0.25) is 0 Å². The second kappa shape index (κ2) is 6.24. The summed E-state index contributed by atoms with van der Waals surface area (Å²) >= 11 is 0. The van der Waals surface area contributed by atoms with Gasteiger partial charge in [-0.05, 0) is 61.8 Å². The molecule has 2 unspecified atom stereocenters. The number of urea groups is 1. The summed E-state index contributed by atoms with van der Waals surface area (Å²) in [4.78, 5) is 13.8. The van der Waals surface area contributed by atoms with Crippen LogP contribution in [0.2, 0.25) is 0 Å². The van der Waals surface area contributed by atoms with Crippen molar-refractivity contribution in [1.29, 1.82) is 0 Å². The number of benzene rings is 1. The van der Waals surface area contributed by atoms with Crippen LogP contribution in [0.5, 0.6) is 0 Å². The molecule has 6 rings (SSSR count). The molecule has 1 aromatic carbocycles. The van der Waals surface area contributed by atoms with Crippen LogP contribution in [0.25, 0.3) is 0 Å². The van der Waals surface area contributed by atoms with Gasteiger partial charge >= 0.3 is 6.03 Å². The molecule has 2 amide bonds. The molecule has 2 atom stereocenters. The van der Waals surface area contributed by atoms with Crippen LogP contribution in [0.1, 0.15) is 37.7 Å². The molecule has 1 aromatic rings. The highest BCUT2D eigenvalue weighted by Gasteiger charge is 2.54. The van der Waals surface area contributed by atoms with Crippen LogP contribution in [0.4, 0.5) is 10.5 Å². The zero-order chi connectivity index (χ0) is 17.7. The van der Waals surface area contributed by atoms with E-state index in [4.69, 9.17) is 4.74 Å². The quantitative estimate of drug-likeness (QED) is 0.853. The third-order valence-electron chi connectivity index (χ3n) is 7.14. The standard InChI is InChI=1S/C21H28N2O3/c24-20-22-5-6-23(20)19-4-2-1-3-15(19)12-26-13-18-16-7-14-8-17(18)11-21(25,9-14)10-16/h1-4,14,16-18,25H,5-13H2,(H,22,24). The zero-order valence-corrected chi connectivity index (χ0v) is 15.2. The van der Waals surface area contributed by atoms with Gasteiger partial charge < -0.3 is 15.2 Å². The maximum atomic E-state index is 12.0. The summed E-state index contributed by atoms with van der Waals surface area (Å²) in [5, 5.41) is 13.6. The van der Waals surface area contributed by atoms with Crippen molar-refractivity contribution in [3.8, 4) is 0 Å². The SMILES string of the molecule is O=C1NCCN1c1ccccc1COCC1C2CC3CC1CC(O)(C3)C2. The van der Waals surface area contributed by atoms with E-state index in [0.29, 0.717) is 37.5 Å². The molecule has 5 fully saturated rings. The van der Waals surface area contributed by atoms with E-state index >= 15 is 0 Å². The largest absolute Gasteiger partial charge is 0.390 e. The number of aliphatic hydroxyl groups is 1. The summed E-state index contributed by atoms with van der Waals surface area (Å²) in [6.45, 7) is 2.73. The summed E-state index contributed by atoms with van der Waals surface area (Å²) in [5.74, 6) is 2.59. The van der Waals surface area contributed by atoms with Crippen LogP contribution in [0.3, 0.4) is 0 Å². The van der Waals surface area contributed by atoms with Crippen molar-refractivity contribution in [2.75, 3.05) is 24.6 Å². The predicted molar refractivity (Wildman–Crippen MR) is 98.8 cm³/mol. The lowest BCUT2D eigenvalue weighted by Crippen LogP contribution is -2.55. The number of amides is 2. The number of nitrogens with zero attached hydrogens (tertiary/aromatic N) is 1. The van der Waals surface area contributed by atoms with Gasteiger partial charge in [0.1, 0.15) is 0 Å². The number of nitrogens with one attached hydrogen (secondary N) is 1. The van der Waals surface area contributed by atoms with E-state index in [2.05, 4.69) is 11.4 Å². The molecule has 26 heavy (non-hydrogen) atoms. The highest BCUT2D eigenvalue weighted by atomic mass is 16.5. The van der Waals surface area contributed by atoms with Gasteiger partial charge in [0.15, 0.2) is 0 Å². The molecule has 5 aliphatic rings. The Kier molecular flexibility index (Phi) is 3.98. The maximum Gasteiger partial charge on any atom is 0.322 e. The summed E-state index contributed by atoms with van der Waals surface area (Å²) < 4.78 is 6.17.